The third-order valence-electron chi connectivity index (χ3n) is 1.72. The summed E-state index contributed by atoms with van der Waals surface area (Å²) in [7, 11) is 3.37. The van der Waals surface area contributed by atoms with Gasteiger partial charge in [0, 0.05) is 14.2 Å². The fourth-order valence-electron chi connectivity index (χ4n) is 1.34. The van der Waals surface area contributed by atoms with E-state index in [0.717, 1.165) is 11.1 Å². The van der Waals surface area contributed by atoms with Crippen molar-refractivity contribution in [3.63, 3.8) is 0 Å². The molecule has 0 heterocycles. The van der Waals surface area contributed by atoms with Crippen LogP contribution in [0.25, 0.3) is 0 Å². The van der Waals surface area contributed by atoms with Gasteiger partial charge in [0.2, 0.25) is 0 Å². The summed E-state index contributed by atoms with van der Waals surface area (Å²) >= 11 is 0. The highest BCUT2D eigenvalue weighted by Gasteiger charge is 1.98. The summed E-state index contributed by atoms with van der Waals surface area (Å²) in [6.07, 6.45) is 0. The van der Waals surface area contributed by atoms with Crippen LogP contribution in [0.4, 0.5) is 0 Å². The van der Waals surface area contributed by atoms with Crippen molar-refractivity contribution in [1.82, 2.24) is 0 Å². The van der Waals surface area contributed by atoms with Crippen molar-refractivity contribution in [2.75, 3.05) is 14.2 Å². The van der Waals surface area contributed by atoms with Gasteiger partial charge in [-0.3, -0.25) is 0 Å². The van der Waals surface area contributed by atoms with E-state index in [1.165, 1.54) is 5.56 Å². The molecule has 0 spiro atoms. The molecule has 1 radical (unpaired) electrons. The summed E-state index contributed by atoms with van der Waals surface area (Å²) in [6.45, 7) is 3.28. The molecule has 13 heavy (non-hydrogen) atoms. The minimum atomic E-state index is 0.610. The number of methoxy groups -OCH3 is 2. The standard InChI is InChI=1S/C11H15O2/c1-9-4-10(7-12-2)6-11(5-9)8-13-3/h4-5H,7-8H2,1-3H3. The molecule has 2 nitrogen and oxygen atoms in total. The fraction of sp³-hybridized carbons (Fsp3) is 0.455. The second-order valence-corrected chi connectivity index (χ2v) is 3.07. The van der Waals surface area contributed by atoms with Gasteiger partial charge in [0.1, 0.15) is 0 Å². The lowest BCUT2D eigenvalue weighted by Gasteiger charge is -2.05. The zero-order valence-electron chi connectivity index (χ0n) is 8.39. The lowest BCUT2D eigenvalue weighted by atomic mass is 10.1. The smallest absolute Gasteiger partial charge is 0.0719 e. The minimum Gasteiger partial charge on any atom is -0.380 e. The molecule has 0 aliphatic carbocycles. The normalized spacial score (nSPS) is 10.4. The highest BCUT2D eigenvalue weighted by Crippen LogP contribution is 2.10. The Morgan fingerprint density at radius 2 is 1.54 bits per heavy atom. The van der Waals surface area contributed by atoms with Crippen LogP contribution in [0.15, 0.2) is 12.1 Å². The molecule has 0 aliphatic heterocycles. The van der Waals surface area contributed by atoms with Gasteiger partial charge in [-0.05, 0) is 24.1 Å². The van der Waals surface area contributed by atoms with Gasteiger partial charge in [-0.15, -0.1) is 0 Å². The third kappa shape index (κ3) is 3.17. The predicted molar refractivity (Wildman–Crippen MR) is 51.4 cm³/mol. The Bertz CT molecular complexity index is 245. The van der Waals surface area contributed by atoms with Gasteiger partial charge in [0.15, 0.2) is 0 Å². The Labute approximate surface area is 79.5 Å². The summed E-state index contributed by atoms with van der Waals surface area (Å²) in [6, 6.07) is 7.38. The summed E-state index contributed by atoms with van der Waals surface area (Å²) < 4.78 is 10.1. The molecule has 0 atom stereocenters. The number of benzene rings is 1. The number of aryl methyl sites for hydroxylation is 1. The van der Waals surface area contributed by atoms with Crippen LogP contribution in [-0.4, -0.2) is 14.2 Å². The van der Waals surface area contributed by atoms with E-state index in [2.05, 4.69) is 25.1 Å². The van der Waals surface area contributed by atoms with Crippen LogP contribution in [0, 0.1) is 13.0 Å². The molecule has 0 amide bonds. The van der Waals surface area contributed by atoms with E-state index in [4.69, 9.17) is 9.47 Å². The SMILES string of the molecule is COCc1[c]c(COC)cc(C)c1. The Morgan fingerprint density at radius 1 is 1.08 bits per heavy atom. The number of rotatable bonds is 4. The molecule has 0 N–H and O–H groups in total. The Balaban J connectivity index is 2.83. The molecule has 71 valence electrons. The molecule has 0 bridgehead atoms. The van der Waals surface area contributed by atoms with E-state index in [0.29, 0.717) is 13.2 Å². The molecule has 1 aromatic carbocycles. The molecular weight excluding hydrogens is 164 g/mol. The van der Waals surface area contributed by atoms with E-state index < -0.39 is 0 Å². The molecule has 0 saturated carbocycles. The van der Waals surface area contributed by atoms with Crippen LogP contribution in [0.1, 0.15) is 16.7 Å². The molecule has 0 aliphatic rings. The minimum absolute atomic E-state index is 0.610. The van der Waals surface area contributed by atoms with E-state index in [9.17, 15) is 0 Å². The topological polar surface area (TPSA) is 18.5 Å². The van der Waals surface area contributed by atoms with Gasteiger partial charge in [0.05, 0.1) is 13.2 Å². The maximum atomic E-state index is 5.04. The van der Waals surface area contributed by atoms with Crippen LogP contribution >= 0.6 is 0 Å². The Hall–Kier alpha value is -0.860. The molecular formula is C11H15O2. The Morgan fingerprint density at radius 3 is 1.92 bits per heavy atom. The maximum Gasteiger partial charge on any atom is 0.0719 e. The monoisotopic (exact) mass is 179 g/mol. The first-order chi connectivity index (χ1) is 6.26. The fourth-order valence-corrected chi connectivity index (χ4v) is 1.34. The largest absolute Gasteiger partial charge is 0.380 e. The van der Waals surface area contributed by atoms with Crippen LogP contribution in [0.2, 0.25) is 0 Å². The average molecular weight is 179 g/mol. The van der Waals surface area contributed by atoms with Crippen molar-refractivity contribution in [1.29, 1.82) is 0 Å². The predicted octanol–water partition coefficient (Wildman–Crippen LogP) is 2.09. The zero-order chi connectivity index (χ0) is 9.68. The second-order valence-electron chi connectivity index (χ2n) is 3.07. The first-order valence-electron chi connectivity index (χ1n) is 4.26. The van der Waals surface area contributed by atoms with Crippen molar-refractivity contribution in [3.8, 4) is 0 Å². The van der Waals surface area contributed by atoms with Crippen LogP contribution in [-0.2, 0) is 22.7 Å². The second kappa shape index (κ2) is 5.00. The molecule has 1 aromatic rings. The van der Waals surface area contributed by atoms with Crippen LogP contribution in [0.5, 0.6) is 0 Å². The lowest BCUT2D eigenvalue weighted by molar-refractivity contribution is 0.179. The summed E-state index contributed by atoms with van der Waals surface area (Å²) in [4.78, 5) is 0. The molecule has 0 unspecified atom stereocenters. The number of ether oxygens (including phenoxy) is 2. The van der Waals surface area contributed by atoms with E-state index in [1.54, 1.807) is 14.2 Å². The maximum absolute atomic E-state index is 5.04. The summed E-state index contributed by atoms with van der Waals surface area (Å²) in [5.74, 6) is 0. The van der Waals surface area contributed by atoms with Gasteiger partial charge >= 0.3 is 0 Å². The third-order valence-corrected chi connectivity index (χ3v) is 1.72. The van der Waals surface area contributed by atoms with E-state index >= 15 is 0 Å². The van der Waals surface area contributed by atoms with Gasteiger partial charge < -0.3 is 9.47 Å². The quantitative estimate of drug-likeness (QED) is 0.704. The highest BCUT2D eigenvalue weighted by atomic mass is 16.5. The highest BCUT2D eigenvalue weighted by molar-refractivity contribution is 5.27. The van der Waals surface area contributed by atoms with Crippen LogP contribution in [0.3, 0.4) is 0 Å². The lowest BCUT2D eigenvalue weighted by Crippen LogP contribution is -1.94. The first kappa shape index (κ1) is 10.2. The number of hydrogen-bond donors (Lipinski definition) is 0. The van der Waals surface area contributed by atoms with Gasteiger partial charge in [-0.25, -0.2) is 0 Å². The van der Waals surface area contributed by atoms with E-state index in [-0.39, 0.29) is 0 Å². The van der Waals surface area contributed by atoms with E-state index in [1.807, 2.05) is 0 Å². The molecule has 0 aromatic heterocycles. The van der Waals surface area contributed by atoms with Crippen LogP contribution < -0.4 is 0 Å². The molecule has 0 saturated heterocycles. The van der Waals surface area contributed by atoms with Crippen molar-refractivity contribution in [2.45, 2.75) is 20.1 Å². The molecule has 1 rings (SSSR count). The average Bonchev–Trinajstić information content (AvgIpc) is 2.04. The Kier molecular flexibility index (Phi) is 3.93. The molecule has 2 heteroatoms. The van der Waals surface area contributed by atoms with Gasteiger partial charge in [-0.1, -0.05) is 17.7 Å². The zero-order valence-corrected chi connectivity index (χ0v) is 8.39. The van der Waals surface area contributed by atoms with Gasteiger partial charge in [-0.2, -0.15) is 0 Å². The van der Waals surface area contributed by atoms with Crippen molar-refractivity contribution in [2.24, 2.45) is 0 Å². The summed E-state index contributed by atoms with van der Waals surface area (Å²) in [5.41, 5.74) is 3.38. The molecule has 0 fully saturated rings. The van der Waals surface area contributed by atoms with Crippen molar-refractivity contribution < 1.29 is 9.47 Å². The number of hydrogen-bond acceptors (Lipinski definition) is 2. The first-order valence-corrected chi connectivity index (χ1v) is 4.26. The van der Waals surface area contributed by atoms with Crippen molar-refractivity contribution >= 4 is 0 Å². The van der Waals surface area contributed by atoms with Crippen molar-refractivity contribution in [3.05, 3.63) is 34.9 Å². The summed E-state index contributed by atoms with van der Waals surface area (Å²) in [5, 5.41) is 0. The van der Waals surface area contributed by atoms with Gasteiger partial charge in [0.25, 0.3) is 0 Å².